The van der Waals surface area contributed by atoms with Crippen molar-refractivity contribution in [1.29, 1.82) is 0 Å². The van der Waals surface area contributed by atoms with E-state index >= 15 is 0 Å². The van der Waals surface area contributed by atoms with Crippen molar-refractivity contribution in [2.75, 3.05) is 7.05 Å². The second kappa shape index (κ2) is 3.89. The van der Waals surface area contributed by atoms with Gasteiger partial charge < -0.3 is 0 Å². The van der Waals surface area contributed by atoms with Crippen LogP contribution in [0.5, 0.6) is 0 Å². The van der Waals surface area contributed by atoms with Crippen molar-refractivity contribution in [3.8, 4) is 0 Å². The van der Waals surface area contributed by atoms with Crippen LogP contribution in [0.15, 0.2) is 4.99 Å². The fourth-order valence-electron chi connectivity index (χ4n) is 0.943. The van der Waals surface area contributed by atoms with E-state index in [1.54, 1.807) is 0 Å². The molecule has 0 aliphatic carbocycles. The van der Waals surface area contributed by atoms with Crippen molar-refractivity contribution in [1.82, 2.24) is 0 Å². The van der Waals surface area contributed by atoms with Gasteiger partial charge in [0.25, 0.3) is 0 Å². The van der Waals surface area contributed by atoms with Crippen LogP contribution in [0.3, 0.4) is 0 Å². The van der Waals surface area contributed by atoms with Crippen LogP contribution >= 0.6 is 0 Å². The van der Waals surface area contributed by atoms with Gasteiger partial charge in [-0.05, 0) is 24.7 Å². The molecule has 11 heavy (non-hydrogen) atoms. The van der Waals surface area contributed by atoms with Gasteiger partial charge in [0.05, 0.1) is 0 Å². The Morgan fingerprint density at radius 3 is 2.09 bits per heavy atom. The van der Waals surface area contributed by atoms with Crippen molar-refractivity contribution in [2.45, 2.75) is 41.0 Å². The van der Waals surface area contributed by atoms with E-state index in [0.717, 1.165) is 12.3 Å². The van der Waals surface area contributed by atoms with E-state index in [-0.39, 0.29) is 0 Å². The molecular weight excluding hydrogens is 134 g/mol. The zero-order valence-electron chi connectivity index (χ0n) is 8.73. The van der Waals surface area contributed by atoms with E-state index in [9.17, 15) is 0 Å². The lowest BCUT2D eigenvalue weighted by Crippen LogP contribution is -2.22. The quantitative estimate of drug-likeness (QED) is 0.555. The van der Waals surface area contributed by atoms with Crippen LogP contribution < -0.4 is 0 Å². The largest absolute Gasteiger partial charge is 0.298 e. The molecule has 66 valence electrons. The summed E-state index contributed by atoms with van der Waals surface area (Å²) in [7, 11) is 1.87. The number of nitrogens with zero attached hydrogens (tertiary/aromatic N) is 1. The molecule has 0 heterocycles. The van der Waals surface area contributed by atoms with Gasteiger partial charge in [0.15, 0.2) is 0 Å². The second-order valence-corrected chi connectivity index (χ2v) is 4.28. The molecule has 0 aromatic carbocycles. The molecule has 0 unspecified atom stereocenters. The first-order chi connectivity index (χ1) is 4.90. The number of hydrogen-bond acceptors (Lipinski definition) is 1. The van der Waals surface area contributed by atoms with E-state index in [2.05, 4.69) is 39.6 Å². The average molecular weight is 155 g/mol. The van der Waals surface area contributed by atoms with Crippen LogP contribution in [0.2, 0.25) is 0 Å². The molecule has 0 radical (unpaired) electrons. The third-order valence-corrected chi connectivity index (χ3v) is 2.66. The summed E-state index contributed by atoms with van der Waals surface area (Å²) in [6.07, 6.45) is 1.11. The highest BCUT2D eigenvalue weighted by Gasteiger charge is 2.22. The lowest BCUT2D eigenvalue weighted by molar-refractivity contribution is 0.261. The van der Waals surface area contributed by atoms with Gasteiger partial charge in [0.2, 0.25) is 0 Å². The fraction of sp³-hybridized carbons (Fsp3) is 0.900. The minimum absolute atomic E-state index is 0.392. The van der Waals surface area contributed by atoms with Crippen LogP contribution in [-0.4, -0.2) is 12.8 Å². The molecule has 0 spiro atoms. The molecule has 1 nitrogen and oxygen atoms in total. The third kappa shape index (κ3) is 3.54. The molecule has 0 saturated carbocycles. The van der Waals surface area contributed by atoms with E-state index in [0.29, 0.717) is 5.41 Å². The summed E-state index contributed by atoms with van der Waals surface area (Å²) in [5.74, 6) is 0.721. The minimum atomic E-state index is 0.392. The van der Waals surface area contributed by atoms with Crippen LogP contribution in [0.25, 0.3) is 0 Å². The van der Waals surface area contributed by atoms with E-state index in [1.807, 2.05) is 7.05 Å². The van der Waals surface area contributed by atoms with E-state index < -0.39 is 0 Å². The van der Waals surface area contributed by atoms with Gasteiger partial charge in [0, 0.05) is 12.8 Å². The first kappa shape index (κ1) is 10.7. The van der Waals surface area contributed by atoms with Crippen LogP contribution in [0.4, 0.5) is 0 Å². The summed E-state index contributed by atoms with van der Waals surface area (Å²) in [4.78, 5) is 4.17. The van der Waals surface area contributed by atoms with Crippen LogP contribution in [0.1, 0.15) is 41.0 Å². The molecule has 0 bridgehead atoms. The molecule has 0 aliphatic rings. The lowest BCUT2D eigenvalue weighted by atomic mass is 9.77. The first-order valence-corrected chi connectivity index (χ1v) is 4.32. The Bertz CT molecular complexity index is 143. The van der Waals surface area contributed by atoms with Crippen LogP contribution in [0, 0.1) is 11.3 Å². The fourth-order valence-corrected chi connectivity index (χ4v) is 0.943. The number of aliphatic imine (C=N–C) groups is 1. The Hall–Kier alpha value is -0.330. The van der Waals surface area contributed by atoms with Crippen LogP contribution in [-0.2, 0) is 0 Å². The second-order valence-electron chi connectivity index (χ2n) is 4.28. The zero-order valence-corrected chi connectivity index (χ0v) is 8.73. The van der Waals surface area contributed by atoms with Gasteiger partial charge in [-0.3, -0.25) is 4.99 Å². The molecule has 0 fully saturated rings. The van der Waals surface area contributed by atoms with Gasteiger partial charge >= 0.3 is 0 Å². The smallest absolute Gasteiger partial charge is 0.0276 e. The predicted molar refractivity (Wildman–Crippen MR) is 52.3 cm³/mol. The Labute approximate surface area is 70.9 Å². The van der Waals surface area contributed by atoms with Gasteiger partial charge in [-0.25, -0.2) is 0 Å². The van der Waals surface area contributed by atoms with E-state index in [1.165, 1.54) is 5.71 Å². The lowest BCUT2D eigenvalue weighted by Gasteiger charge is -2.28. The van der Waals surface area contributed by atoms with Crippen molar-refractivity contribution in [2.24, 2.45) is 16.3 Å². The van der Waals surface area contributed by atoms with Crippen molar-refractivity contribution < 1.29 is 0 Å². The Kier molecular flexibility index (Phi) is 3.77. The summed E-state index contributed by atoms with van der Waals surface area (Å²) in [6.45, 7) is 11.2. The Balaban J connectivity index is 4.13. The van der Waals surface area contributed by atoms with Gasteiger partial charge in [-0.1, -0.05) is 27.7 Å². The summed E-state index contributed by atoms with van der Waals surface area (Å²) in [5.41, 5.74) is 1.65. The maximum Gasteiger partial charge on any atom is 0.0276 e. The topological polar surface area (TPSA) is 12.4 Å². The Morgan fingerprint density at radius 1 is 1.36 bits per heavy atom. The molecule has 0 aromatic rings. The number of rotatable bonds is 3. The summed E-state index contributed by atoms with van der Waals surface area (Å²) in [6, 6.07) is 0. The molecule has 0 rings (SSSR count). The molecule has 0 N–H and O–H groups in total. The molecule has 0 amide bonds. The highest BCUT2D eigenvalue weighted by atomic mass is 14.7. The highest BCUT2D eigenvalue weighted by molar-refractivity contribution is 5.82. The molecule has 1 heteroatoms. The SMILES string of the molecule is C/N=C(\C)CC(C)(C)C(C)C. The first-order valence-electron chi connectivity index (χ1n) is 4.32. The van der Waals surface area contributed by atoms with Gasteiger partial charge in [0.1, 0.15) is 0 Å². The standard InChI is InChI=1S/C10H21N/c1-8(2)10(4,5)7-9(3)11-6/h8H,7H2,1-6H3/b11-9+. The molecule has 0 saturated heterocycles. The molecule has 0 aliphatic heterocycles. The average Bonchev–Trinajstić information content (AvgIpc) is 1.86. The minimum Gasteiger partial charge on any atom is -0.298 e. The maximum atomic E-state index is 4.17. The predicted octanol–water partition coefficient (Wildman–Crippen LogP) is 3.15. The summed E-state index contributed by atoms with van der Waals surface area (Å²) < 4.78 is 0. The Morgan fingerprint density at radius 2 is 1.82 bits per heavy atom. The maximum absolute atomic E-state index is 4.17. The normalized spacial score (nSPS) is 14.3. The monoisotopic (exact) mass is 155 g/mol. The van der Waals surface area contributed by atoms with E-state index in [4.69, 9.17) is 0 Å². The highest BCUT2D eigenvalue weighted by Crippen LogP contribution is 2.30. The van der Waals surface area contributed by atoms with Crippen molar-refractivity contribution >= 4 is 5.71 Å². The zero-order chi connectivity index (χ0) is 9.07. The van der Waals surface area contributed by atoms with Crippen molar-refractivity contribution in [3.63, 3.8) is 0 Å². The van der Waals surface area contributed by atoms with Gasteiger partial charge in [-0.15, -0.1) is 0 Å². The van der Waals surface area contributed by atoms with Crippen molar-refractivity contribution in [3.05, 3.63) is 0 Å². The number of hydrogen-bond donors (Lipinski definition) is 0. The summed E-state index contributed by atoms with van der Waals surface area (Å²) in [5, 5.41) is 0. The molecule has 0 aromatic heterocycles. The molecular formula is C10H21N. The molecule has 0 atom stereocenters. The summed E-state index contributed by atoms with van der Waals surface area (Å²) >= 11 is 0. The third-order valence-electron chi connectivity index (χ3n) is 2.66. The van der Waals surface area contributed by atoms with Gasteiger partial charge in [-0.2, -0.15) is 0 Å².